The summed E-state index contributed by atoms with van der Waals surface area (Å²) in [6.07, 6.45) is -0.721. The molecule has 88 valence electrons. The SMILES string of the molecule is CC(=O)[C@@H](C)[C@@H](O)COCc1ccccc1. The van der Waals surface area contributed by atoms with Crippen molar-refractivity contribution in [2.75, 3.05) is 6.61 Å². The lowest BCUT2D eigenvalue weighted by Crippen LogP contribution is -2.28. The number of benzene rings is 1. The molecule has 0 fully saturated rings. The minimum absolute atomic E-state index is 0.0178. The quantitative estimate of drug-likeness (QED) is 0.798. The first kappa shape index (κ1) is 12.9. The van der Waals surface area contributed by atoms with Crippen LogP contribution >= 0.6 is 0 Å². The van der Waals surface area contributed by atoms with E-state index >= 15 is 0 Å². The average Bonchev–Trinajstić information content (AvgIpc) is 2.29. The van der Waals surface area contributed by atoms with Gasteiger partial charge in [0, 0.05) is 5.92 Å². The second kappa shape index (κ2) is 6.40. The molecule has 0 aliphatic rings. The largest absolute Gasteiger partial charge is 0.390 e. The summed E-state index contributed by atoms with van der Waals surface area (Å²) >= 11 is 0. The molecule has 3 nitrogen and oxygen atoms in total. The zero-order valence-corrected chi connectivity index (χ0v) is 9.72. The van der Waals surface area contributed by atoms with Gasteiger partial charge in [-0.05, 0) is 12.5 Å². The number of carbonyl (C=O) groups is 1. The first-order valence-electron chi connectivity index (χ1n) is 5.41. The summed E-state index contributed by atoms with van der Waals surface area (Å²) in [6, 6.07) is 9.73. The maximum atomic E-state index is 11.0. The summed E-state index contributed by atoms with van der Waals surface area (Å²) in [6.45, 7) is 3.84. The van der Waals surface area contributed by atoms with E-state index < -0.39 is 6.10 Å². The van der Waals surface area contributed by atoms with Crippen molar-refractivity contribution in [1.29, 1.82) is 0 Å². The van der Waals surface area contributed by atoms with Gasteiger partial charge in [0.2, 0.25) is 0 Å². The number of aliphatic hydroxyl groups excluding tert-OH is 1. The molecular formula is C13H18O3. The fourth-order valence-corrected chi connectivity index (χ4v) is 1.29. The van der Waals surface area contributed by atoms with Crippen molar-refractivity contribution in [3.05, 3.63) is 35.9 Å². The normalized spacial score (nSPS) is 14.4. The monoisotopic (exact) mass is 222 g/mol. The van der Waals surface area contributed by atoms with E-state index in [1.807, 2.05) is 30.3 Å². The zero-order valence-electron chi connectivity index (χ0n) is 9.72. The molecule has 0 aromatic heterocycles. The molecule has 1 aromatic rings. The topological polar surface area (TPSA) is 46.5 Å². The molecule has 0 saturated carbocycles. The molecule has 0 spiro atoms. The lowest BCUT2D eigenvalue weighted by atomic mass is 10.0. The summed E-state index contributed by atoms with van der Waals surface area (Å²) in [5, 5.41) is 9.62. The number of aliphatic hydroxyl groups is 1. The van der Waals surface area contributed by atoms with Gasteiger partial charge in [0.05, 0.1) is 19.3 Å². The van der Waals surface area contributed by atoms with Gasteiger partial charge in [-0.3, -0.25) is 4.79 Å². The minimum Gasteiger partial charge on any atom is -0.390 e. The number of ether oxygens (including phenoxy) is 1. The van der Waals surface area contributed by atoms with Crippen LogP contribution in [-0.4, -0.2) is 23.6 Å². The van der Waals surface area contributed by atoms with Gasteiger partial charge in [-0.25, -0.2) is 0 Å². The van der Waals surface area contributed by atoms with Crippen LogP contribution in [0.3, 0.4) is 0 Å². The van der Waals surface area contributed by atoms with Crippen LogP contribution in [0.5, 0.6) is 0 Å². The number of hydrogen-bond donors (Lipinski definition) is 1. The Kier molecular flexibility index (Phi) is 5.15. The molecule has 0 aliphatic carbocycles. The number of hydrogen-bond acceptors (Lipinski definition) is 3. The maximum Gasteiger partial charge on any atom is 0.135 e. The molecular weight excluding hydrogens is 204 g/mol. The van der Waals surface area contributed by atoms with Gasteiger partial charge in [0.15, 0.2) is 0 Å². The lowest BCUT2D eigenvalue weighted by molar-refractivity contribution is -0.125. The molecule has 0 radical (unpaired) electrons. The van der Waals surface area contributed by atoms with E-state index in [1.54, 1.807) is 6.92 Å². The van der Waals surface area contributed by atoms with Gasteiger partial charge in [-0.1, -0.05) is 37.3 Å². The minimum atomic E-state index is -0.721. The summed E-state index contributed by atoms with van der Waals surface area (Å²) in [7, 11) is 0. The Hall–Kier alpha value is -1.19. The van der Waals surface area contributed by atoms with E-state index in [1.165, 1.54) is 6.92 Å². The molecule has 3 heteroatoms. The van der Waals surface area contributed by atoms with E-state index in [2.05, 4.69) is 0 Å². The van der Waals surface area contributed by atoms with Gasteiger partial charge >= 0.3 is 0 Å². The number of ketones is 1. The molecule has 0 bridgehead atoms. The second-order valence-electron chi connectivity index (χ2n) is 3.97. The highest BCUT2D eigenvalue weighted by atomic mass is 16.5. The summed E-state index contributed by atoms with van der Waals surface area (Å²) in [5.41, 5.74) is 1.06. The van der Waals surface area contributed by atoms with Crippen molar-refractivity contribution < 1.29 is 14.6 Å². The molecule has 0 saturated heterocycles. The fourth-order valence-electron chi connectivity index (χ4n) is 1.29. The van der Waals surface area contributed by atoms with E-state index in [4.69, 9.17) is 4.74 Å². The van der Waals surface area contributed by atoms with Crippen LogP contribution in [0, 0.1) is 5.92 Å². The average molecular weight is 222 g/mol. The number of rotatable bonds is 6. The van der Waals surface area contributed by atoms with Crippen molar-refractivity contribution in [2.24, 2.45) is 5.92 Å². The Balaban J connectivity index is 2.28. The first-order valence-corrected chi connectivity index (χ1v) is 5.41. The van der Waals surface area contributed by atoms with Crippen LogP contribution in [0.4, 0.5) is 0 Å². The van der Waals surface area contributed by atoms with Crippen LogP contribution in [0.25, 0.3) is 0 Å². The lowest BCUT2D eigenvalue weighted by Gasteiger charge is -2.16. The zero-order chi connectivity index (χ0) is 12.0. The van der Waals surface area contributed by atoms with Gasteiger partial charge in [-0.15, -0.1) is 0 Å². The molecule has 2 atom stereocenters. The molecule has 16 heavy (non-hydrogen) atoms. The Bertz CT molecular complexity index is 321. The maximum absolute atomic E-state index is 11.0. The van der Waals surface area contributed by atoms with E-state index in [0.29, 0.717) is 6.61 Å². The van der Waals surface area contributed by atoms with Crippen LogP contribution in [-0.2, 0) is 16.1 Å². The fraction of sp³-hybridized carbons (Fsp3) is 0.462. The van der Waals surface area contributed by atoms with Gasteiger partial charge in [0.1, 0.15) is 5.78 Å². The molecule has 0 unspecified atom stereocenters. The highest BCUT2D eigenvalue weighted by Gasteiger charge is 2.18. The smallest absolute Gasteiger partial charge is 0.135 e. The molecule has 1 N–H and O–H groups in total. The van der Waals surface area contributed by atoms with Crippen molar-refractivity contribution in [1.82, 2.24) is 0 Å². The number of Topliss-reactive ketones (excluding diaryl/α,β-unsaturated/α-hetero) is 1. The molecule has 1 rings (SSSR count). The summed E-state index contributed by atoms with van der Waals surface area (Å²) in [4.78, 5) is 11.0. The molecule has 0 aliphatic heterocycles. The number of carbonyl (C=O) groups excluding carboxylic acids is 1. The van der Waals surface area contributed by atoms with Crippen LogP contribution in [0.15, 0.2) is 30.3 Å². The standard InChI is InChI=1S/C13H18O3/c1-10(11(2)14)13(15)9-16-8-12-6-4-3-5-7-12/h3-7,10,13,15H,8-9H2,1-2H3/t10-,13+/m1/s1. The third-order valence-electron chi connectivity index (χ3n) is 2.62. The predicted octanol–water partition coefficient (Wildman–Crippen LogP) is 1.79. The van der Waals surface area contributed by atoms with Crippen LogP contribution in [0.2, 0.25) is 0 Å². The van der Waals surface area contributed by atoms with Gasteiger partial charge < -0.3 is 9.84 Å². The van der Waals surface area contributed by atoms with Crippen LogP contribution in [0.1, 0.15) is 19.4 Å². The van der Waals surface area contributed by atoms with Crippen molar-refractivity contribution in [3.63, 3.8) is 0 Å². The Morgan fingerprint density at radius 3 is 2.56 bits per heavy atom. The Morgan fingerprint density at radius 2 is 2.00 bits per heavy atom. The summed E-state index contributed by atoms with van der Waals surface area (Å²) in [5.74, 6) is -0.383. The van der Waals surface area contributed by atoms with Crippen molar-refractivity contribution >= 4 is 5.78 Å². The third-order valence-corrected chi connectivity index (χ3v) is 2.62. The molecule has 0 heterocycles. The second-order valence-corrected chi connectivity index (χ2v) is 3.97. The van der Waals surface area contributed by atoms with E-state index in [0.717, 1.165) is 5.56 Å². The van der Waals surface area contributed by atoms with Crippen molar-refractivity contribution in [2.45, 2.75) is 26.6 Å². The Morgan fingerprint density at radius 1 is 1.38 bits per heavy atom. The highest BCUT2D eigenvalue weighted by molar-refractivity contribution is 5.78. The summed E-state index contributed by atoms with van der Waals surface area (Å²) < 4.78 is 5.35. The first-order chi connectivity index (χ1) is 7.61. The Labute approximate surface area is 96.1 Å². The third kappa shape index (κ3) is 4.13. The van der Waals surface area contributed by atoms with Crippen molar-refractivity contribution in [3.8, 4) is 0 Å². The predicted molar refractivity (Wildman–Crippen MR) is 61.9 cm³/mol. The highest BCUT2D eigenvalue weighted by Crippen LogP contribution is 2.06. The van der Waals surface area contributed by atoms with Crippen LogP contribution < -0.4 is 0 Å². The van der Waals surface area contributed by atoms with E-state index in [-0.39, 0.29) is 18.3 Å². The van der Waals surface area contributed by atoms with Gasteiger partial charge in [-0.2, -0.15) is 0 Å². The van der Waals surface area contributed by atoms with E-state index in [9.17, 15) is 9.90 Å². The molecule has 1 aromatic carbocycles. The van der Waals surface area contributed by atoms with Gasteiger partial charge in [0.25, 0.3) is 0 Å². The molecule has 0 amide bonds.